The second-order valence-electron chi connectivity index (χ2n) is 2.42. The predicted octanol–water partition coefficient (Wildman–Crippen LogP) is 1.22. The van der Waals surface area contributed by atoms with Gasteiger partial charge in [-0.05, 0) is 12.2 Å². The summed E-state index contributed by atoms with van der Waals surface area (Å²) in [6.45, 7) is 0. The Morgan fingerprint density at radius 1 is 1.60 bits per heavy atom. The Morgan fingerprint density at radius 2 is 2.27 bits per heavy atom. The van der Waals surface area contributed by atoms with E-state index >= 15 is 0 Å². The van der Waals surface area contributed by atoms with Gasteiger partial charge < -0.3 is 10.2 Å². The Morgan fingerprint density at radius 3 is 2.67 bits per heavy atom. The molecular weight excluding hydrogens is 260 g/mol. The van der Waals surface area contributed by atoms with E-state index in [0.717, 1.165) is 23.1 Å². The van der Waals surface area contributed by atoms with Crippen molar-refractivity contribution in [2.75, 3.05) is 0 Å². The summed E-state index contributed by atoms with van der Waals surface area (Å²) in [6.07, 6.45) is -0.452. The van der Waals surface area contributed by atoms with Gasteiger partial charge >= 0.3 is 11.9 Å². The third kappa shape index (κ3) is 3.98. The molecule has 1 atom stereocenters. The largest absolute Gasteiger partial charge is 0.481 e. The molecule has 0 aliphatic rings. The first kappa shape index (κ1) is 12.1. The van der Waals surface area contributed by atoms with Crippen LogP contribution in [0.4, 0.5) is 0 Å². The van der Waals surface area contributed by atoms with E-state index in [1.54, 1.807) is 0 Å². The van der Waals surface area contributed by atoms with Crippen LogP contribution in [0.15, 0.2) is 4.34 Å². The summed E-state index contributed by atoms with van der Waals surface area (Å²) < 4.78 is 0.852. The number of nitrogens with zero attached hydrogens (tertiary/aromatic N) is 1. The van der Waals surface area contributed by atoms with Gasteiger partial charge in [0.1, 0.15) is 5.25 Å². The molecule has 0 saturated carbocycles. The van der Waals surface area contributed by atoms with Crippen molar-refractivity contribution in [1.29, 1.82) is 0 Å². The lowest BCUT2D eigenvalue weighted by Crippen LogP contribution is -2.20. The van der Waals surface area contributed by atoms with E-state index in [1.165, 1.54) is 0 Å². The summed E-state index contributed by atoms with van der Waals surface area (Å²) in [4.78, 5) is 21.1. The summed E-state index contributed by atoms with van der Waals surface area (Å²) in [6, 6.07) is 0. The van der Waals surface area contributed by atoms with Gasteiger partial charge in [0.05, 0.1) is 6.42 Å². The minimum Gasteiger partial charge on any atom is -0.481 e. The molecule has 6 nitrogen and oxygen atoms in total. The molecule has 0 aliphatic carbocycles. The minimum atomic E-state index is -1.18. The van der Waals surface area contributed by atoms with Crippen molar-refractivity contribution in [3.8, 4) is 0 Å². The molecule has 0 aromatic carbocycles. The lowest BCUT2D eigenvalue weighted by atomic mass is 10.3. The molecule has 0 spiro atoms. The fourth-order valence-corrected chi connectivity index (χ4v) is 2.97. The van der Waals surface area contributed by atoms with Crippen LogP contribution in [0.25, 0.3) is 0 Å². The molecule has 0 saturated heterocycles. The van der Waals surface area contributed by atoms with Crippen molar-refractivity contribution < 1.29 is 19.8 Å². The van der Waals surface area contributed by atoms with E-state index < -0.39 is 23.6 Å². The van der Waals surface area contributed by atoms with Crippen LogP contribution in [0.3, 0.4) is 0 Å². The van der Waals surface area contributed by atoms with Crippen molar-refractivity contribution in [3.05, 3.63) is 3.95 Å². The molecule has 1 rings (SSSR count). The van der Waals surface area contributed by atoms with E-state index in [2.05, 4.69) is 10.2 Å². The Hall–Kier alpha value is -0.930. The zero-order valence-electron chi connectivity index (χ0n) is 7.17. The lowest BCUT2D eigenvalue weighted by molar-refractivity contribution is -0.142. The number of rotatable bonds is 5. The summed E-state index contributed by atoms with van der Waals surface area (Å²) in [5, 5.41) is 22.4. The molecule has 3 N–H and O–H groups in total. The number of carbonyl (C=O) groups is 2. The summed E-state index contributed by atoms with van der Waals surface area (Å²) in [5.74, 6) is -2.34. The van der Waals surface area contributed by atoms with E-state index in [1.807, 2.05) is 0 Å². The van der Waals surface area contributed by atoms with Gasteiger partial charge in [-0.2, -0.15) is 5.10 Å². The standard InChI is InChI=1S/C6H6N2O4S3/c9-3(10)1-2(4(11)12)14-6-8-7-5(13)15-6/h2H,1H2,(H,7,13)(H,9,10)(H,11,12)/t2-/m1/s1. The van der Waals surface area contributed by atoms with Gasteiger partial charge in [0.25, 0.3) is 0 Å². The van der Waals surface area contributed by atoms with Gasteiger partial charge in [0, 0.05) is 0 Å². The number of aliphatic carboxylic acids is 2. The third-order valence-electron chi connectivity index (χ3n) is 1.30. The fraction of sp³-hybridized carbons (Fsp3) is 0.333. The van der Waals surface area contributed by atoms with Crippen LogP contribution in [-0.2, 0) is 9.59 Å². The number of hydrogen-bond donors (Lipinski definition) is 3. The molecule has 0 amide bonds. The molecule has 1 heterocycles. The van der Waals surface area contributed by atoms with Crippen LogP contribution in [0.1, 0.15) is 6.42 Å². The number of thioether (sulfide) groups is 1. The zero-order chi connectivity index (χ0) is 11.4. The zero-order valence-corrected chi connectivity index (χ0v) is 9.62. The van der Waals surface area contributed by atoms with Crippen molar-refractivity contribution in [3.63, 3.8) is 0 Å². The number of aromatic nitrogens is 2. The summed E-state index contributed by atoms with van der Waals surface area (Å²) in [7, 11) is 0. The molecule has 0 aliphatic heterocycles. The van der Waals surface area contributed by atoms with Gasteiger partial charge in [-0.3, -0.25) is 14.7 Å². The highest BCUT2D eigenvalue weighted by Crippen LogP contribution is 2.27. The molecule has 1 aromatic heterocycles. The fourth-order valence-electron chi connectivity index (χ4n) is 0.726. The van der Waals surface area contributed by atoms with Gasteiger partial charge in [-0.1, -0.05) is 23.1 Å². The van der Waals surface area contributed by atoms with Crippen molar-refractivity contribution in [1.82, 2.24) is 10.2 Å². The van der Waals surface area contributed by atoms with Gasteiger partial charge in [0.2, 0.25) is 0 Å². The number of aromatic amines is 1. The van der Waals surface area contributed by atoms with E-state index in [-0.39, 0.29) is 0 Å². The van der Waals surface area contributed by atoms with Crippen LogP contribution >= 0.6 is 35.3 Å². The van der Waals surface area contributed by atoms with Crippen LogP contribution in [0, 0.1) is 3.95 Å². The number of H-pyrrole nitrogens is 1. The summed E-state index contributed by atoms with van der Waals surface area (Å²) >= 11 is 6.75. The first-order valence-corrected chi connectivity index (χ1v) is 5.76. The Labute approximate surface area is 97.3 Å². The molecule has 0 bridgehead atoms. The molecular formula is C6H6N2O4S3. The van der Waals surface area contributed by atoms with Crippen LogP contribution in [0.2, 0.25) is 0 Å². The Kier molecular flexibility index (Phi) is 4.24. The van der Waals surface area contributed by atoms with Crippen LogP contribution < -0.4 is 0 Å². The number of nitrogens with one attached hydrogen (secondary N) is 1. The molecule has 82 valence electrons. The van der Waals surface area contributed by atoms with E-state index in [0.29, 0.717) is 8.29 Å². The third-order valence-corrected chi connectivity index (χ3v) is 3.67. The molecule has 9 heteroatoms. The predicted molar refractivity (Wildman–Crippen MR) is 56.8 cm³/mol. The van der Waals surface area contributed by atoms with E-state index in [4.69, 9.17) is 22.4 Å². The quantitative estimate of drug-likeness (QED) is 0.543. The lowest BCUT2D eigenvalue weighted by Gasteiger charge is -2.05. The second-order valence-corrected chi connectivity index (χ2v) is 5.54. The Balaban J connectivity index is 2.70. The highest BCUT2D eigenvalue weighted by molar-refractivity contribution is 8.02. The minimum absolute atomic E-state index is 0.425. The van der Waals surface area contributed by atoms with Crippen molar-refractivity contribution in [2.24, 2.45) is 0 Å². The molecule has 0 radical (unpaired) electrons. The molecule has 15 heavy (non-hydrogen) atoms. The van der Waals surface area contributed by atoms with Gasteiger partial charge in [-0.15, -0.1) is 0 Å². The maximum atomic E-state index is 10.7. The van der Waals surface area contributed by atoms with E-state index in [9.17, 15) is 9.59 Å². The average molecular weight is 266 g/mol. The number of carboxylic acid groups (broad SMARTS) is 2. The monoisotopic (exact) mass is 266 g/mol. The highest BCUT2D eigenvalue weighted by atomic mass is 32.2. The molecule has 1 aromatic rings. The highest BCUT2D eigenvalue weighted by Gasteiger charge is 2.23. The first-order chi connectivity index (χ1) is 6.99. The molecule has 0 fully saturated rings. The topological polar surface area (TPSA) is 103 Å². The average Bonchev–Trinajstić information content (AvgIpc) is 2.49. The van der Waals surface area contributed by atoms with Gasteiger partial charge in [0.15, 0.2) is 8.29 Å². The van der Waals surface area contributed by atoms with Crippen molar-refractivity contribution >= 4 is 47.3 Å². The first-order valence-electron chi connectivity index (χ1n) is 3.66. The number of carboxylic acids is 2. The maximum Gasteiger partial charge on any atom is 0.317 e. The van der Waals surface area contributed by atoms with Crippen LogP contribution in [0.5, 0.6) is 0 Å². The Bertz CT molecular complexity index is 426. The molecule has 0 unspecified atom stereocenters. The second kappa shape index (κ2) is 5.24. The maximum absolute atomic E-state index is 10.7. The number of hydrogen-bond acceptors (Lipinski definition) is 6. The normalized spacial score (nSPS) is 12.3. The SMILES string of the molecule is O=C(O)C[C@@H](Sc1n[nH]c(=S)s1)C(=O)O. The van der Waals surface area contributed by atoms with Crippen LogP contribution in [-0.4, -0.2) is 37.6 Å². The smallest absolute Gasteiger partial charge is 0.317 e. The van der Waals surface area contributed by atoms with Gasteiger partial charge in [-0.25, -0.2) is 0 Å². The summed E-state index contributed by atoms with van der Waals surface area (Å²) in [5.41, 5.74) is 0. The van der Waals surface area contributed by atoms with Crippen molar-refractivity contribution in [2.45, 2.75) is 16.0 Å².